The Bertz CT molecular complexity index is 1570. The Morgan fingerprint density at radius 2 is 1.09 bits per heavy atom. The maximum atomic E-state index is 11.7. The Morgan fingerprint density at radius 3 is 1.58 bits per heavy atom. The Kier molecular flexibility index (Phi) is 8.23. The average molecular weight is 618 g/mol. The molecule has 43 heavy (non-hydrogen) atoms. The molecule has 0 amide bonds. The van der Waals surface area contributed by atoms with E-state index in [1.54, 1.807) is 12.1 Å². The standard InChI is InChI=1S/C33H30Cl2N4O4/c34-28-12-6-24(20-32(28)38(40)41)30-14-15-31(25-7-13-29(35)33(21-25)39(42)43)37(30)27-10-8-26(9-11-27)36-18-16-23(17-19-36)22-4-2-1-3-5-22/h1-13,20-21,23,30-31H,14-19H2. The molecule has 0 aliphatic carbocycles. The third-order valence-electron chi connectivity index (χ3n) is 8.77. The van der Waals surface area contributed by atoms with Crippen LogP contribution in [0, 0.1) is 20.2 Å². The van der Waals surface area contributed by atoms with Gasteiger partial charge in [-0.1, -0.05) is 65.7 Å². The van der Waals surface area contributed by atoms with Gasteiger partial charge in [0.1, 0.15) is 10.0 Å². The fourth-order valence-electron chi connectivity index (χ4n) is 6.61. The SMILES string of the molecule is O=[N+]([O-])c1cc(C2CCC(c3ccc(Cl)c([N+](=O)[O-])c3)N2c2ccc(N3CCC(c4ccccc4)CC3)cc2)ccc1Cl. The molecular formula is C33H30Cl2N4O4. The first kappa shape index (κ1) is 29.0. The van der Waals surface area contributed by atoms with Gasteiger partial charge >= 0.3 is 0 Å². The summed E-state index contributed by atoms with van der Waals surface area (Å²) in [5, 5.41) is 23.5. The summed E-state index contributed by atoms with van der Waals surface area (Å²) in [4.78, 5) is 27.0. The van der Waals surface area contributed by atoms with Gasteiger partial charge in [0.15, 0.2) is 0 Å². The summed E-state index contributed by atoms with van der Waals surface area (Å²) in [6.07, 6.45) is 3.59. The molecule has 2 unspecified atom stereocenters. The lowest BCUT2D eigenvalue weighted by Crippen LogP contribution is -2.33. The average Bonchev–Trinajstić information content (AvgIpc) is 3.47. The molecule has 2 heterocycles. The van der Waals surface area contributed by atoms with Crippen molar-refractivity contribution < 1.29 is 9.85 Å². The molecule has 4 aromatic carbocycles. The first-order valence-electron chi connectivity index (χ1n) is 14.4. The van der Waals surface area contributed by atoms with E-state index in [0.717, 1.165) is 48.4 Å². The largest absolute Gasteiger partial charge is 0.371 e. The van der Waals surface area contributed by atoms with E-state index in [9.17, 15) is 20.2 Å². The minimum Gasteiger partial charge on any atom is -0.371 e. The number of hydrogen-bond donors (Lipinski definition) is 0. The Labute approximate surface area is 259 Å². The van der Waals surface area contributed by atoms with E-state index in [0.29, 0.717) is 18.8 Å². The van der Waals surface area contributed by atoms with Gasteiger partial charge in [-0.25, -0.2) is 0 Å². The van der Waals surface area contributed by atoms with Gasteiger partial charge in [-0.15, -0.1) is 0 Å². The number of nitro groups is 2. The molecule has 10 heteroatoms. The Hall–Kier alpha value is -4.14. The van der Waals surface area contributed by atoms with Crippen molar-refractivity contribution in [3.8, 4) is 0 Å². The maximum Gasteiger partial charge on any atom is 0.288 e. The number of rotatable bonds is 7. The molecule has 2 aliphatic heterocycles. The summed E-state index contributed by atoms with van der Waals surface area (Å²) in [7, 11) is 0. The van der Waals surface area contributed by atoms with Crippen LogP contribution in [0.3, 0.4) is 0 Å². The van der Waals surface area contributed by atoms with Crippen molar-refractivity contribution in [2.45, 2.75) is 43.7 Å². The summed E-state index contributed by atoms with van der Waals surface area (Å²) in [6.45, 7) is 1.94. The smallest absolute Gasteiger partial charge is 0.288 e. The highest BCUT2D eigenvalue weighted by atomic mass is 35.5. The van der Waals surface area contributed by atoms with Crippen molar-refractivity contribution in [3.63, 3.8) is 0 Å². The molecule has 220 valence electrons. The molecule has 6 rings (SSSR count). The normalized spacial score (nSPS) is 19.0. The molecule has 2 saturated heterocycles. The number of anilines is 2. The molecular weight excluding hydrogens is 587 g/mol. The zero-order chi connectivity index (χ0) is 30.1. The van der Waals surface area contributed by atoms with Crippen molar-refractivity contribution in [1.82, 2.24) is 0 Å². The van der Waals surface area contributed by atoms with Crippen molar-refractivity contribution in [3.05, 3.63) is 138 Å². The lowest BCUT2D eigenvalue weighted by Gasteiger charge is -2.35. The van der Waals surface area contributed by atoms with Crippen LogP contribution < -0.4 is 9.80 Å². The lowest BCUT2D eigenvalue weighted by atomic mass is 9.89. The minimum absolute atomic E-state index is 0.0866. The van der Waals surface area contributed by atoms with E-state index in [2.05, 4.69) is 64.4 Å². The van der Waals surface area contributed by atoms with Crippen molar-refractivity contribution in [1.29, 1.82) is 0 Å². The molecule has 2 atom stereocenters. The van der Waals surface area contributed by atoms with Crippen molar-refractivity contribution in [2.24, 2.45) is 0 Å². The third-order valence-corrected chi connectivity index (χ3v) is 9.41. The van der Waals surface area contributed by atoms with Gasteiger partial charge in [-0.3, -0.25) is 20.2 Å². The fourth-order valence-corrected chi connectivity index (χ4v) is 6.98. The van der Waals surface area contributed by atoms with Crippen LogP contribution >= 0.6 is 23.2 Å². The van der Waals surface area contributed by atoms with Crippen LogP contribution in [0.25, 0.3) is 0 Å². The lowest BCUT2D eigenvalue weighted by molar-refractivity contribution is -0.384. The molecule has 4 aromatic rings. The molecule has 2 fully saturated rings. The van der Waals surface area contributed by atoms with Crippen molar-refractivity contribution in [2.75, 3.05) is 22.9 Å². The molecule has 0 bridgehead atoms. The molecule has 2 aliphatic rings. The van der Waals surface area contributed by atoms with Crippen LogP contribution in [0.5, 0.6) is 0 Å². The van der Waals surface area contributed by atoms with Gasteiger partial charge < -0.3 is 9.80 Å². The van der Waals surface area contributed by atoms with Crippen LogP contribution in [0.1, 0.15) is 60.4 Å². The van der Waals surface area contributed by atoms with Crippen molar-refractivity contribution >= 4 is 46.0 Å². The monoisotopic (exact) mass is 616 g/mol. The zero-order valence-corrected chi connectivity index (χ0v) is 24.8. The number of halogens is 2. The van der Waals surface area contributed by atoms with E-state index < -0.39 is 9.85 Å². The van der Waals surface area contributed by atoms with Crippen LogP contribution in [0.15, 0.2) is 91.0 Å². The highest BCUT2D eigenvalue weighted by molar-refractivity contribution is 6.33. The van der Waals surface area contributed by atoms with Crippen LogP contribution in [-0.4, -0.2) is 22.9 Å². The number of piperidine rings is 1. The zero-order valence-electron chi connectivity index (χ0n) is 23.3. The molecule has 0 N–H and O–H groups in total. The topological polar surface area (TPSA) is 92.8 Å². The fraction of sp³-hybridized carbons (Fsp3) is 0.273. The van der Waals surface area contributed by atoms with E-state index in [1.165, 1.54) is 17.7 Å². The van der Waals surface area contributed by atoms with Gasteiger partial charge in [0.25, 0.3) is 11.4 Å². The molecule has 0 radical (unpaired) electrons. The second-order valence-electron chi connectivity index (χ2n) is 11.1. The van der Waals surface area contributed by atoms with Crippen LogP contribution in [0.2, 0.25) is 10.0 Å². The van der Waals surface area contributed by atoms with Gasteiger partial charge in [0.2, 0.25) is 0 Å². The summed E-state index contributed by atoms with van der Waals surface area (Å²) < 4.78 is 0. The van der Waals surface area contributed by atoms with E-state index in [4.69, 9.17) is 23.2 Å². The second kappa shape index (κ2) is 12.2. The second-order valence-corrected chi connectivity index (χ2v) is 12.0. The van der Waals surface area contributed by atoms with Gasteiger partial charge in [0.05, 0.1) is 21.9 Å². The van der Waals surface area contributed by atoms with E-state index >= 15 is 0 Å². The summed E-state index contributed by atoms with van der Waals surface area (Å²) in [5.74, 6) is 0.565. The molecule has 0 saturated carbocycles. The predicted octanol–water partition coefficient (Wildman–Crippen LogP) is 9.28. The summed E-state index contributed by atoms with van der Waals surface area (Å²) >= 11 is 12.3. The quantitative estimate of drug-likeness (QED) is 0.152. The predicted molar refractivity (Wildman–Crippen MR) is 170 cm³/mol. The minimum atomic E-state index is -0.471. The first-order valence-corrected chi connectivity index (χ1v) is 15.1. The summed E-state index contributed by atoms with van der Waals surface area (Å²) in [6, 6.07) is 28.6. The Morgan fingerprint density at radius 1 is 0.605 bits per heavy atom. The third kappa shape index (κ3) is 5.90. The first-order chi connectivity index (χ1) is 20.8. The molecule has 8 nitrogen and oxygen atoms in total. The highest BCUT2D eigenvalue weighted by Gasteiger charge is 2.37. The Balaban J connectivity index is 1.30. The highest BCUT2D eigenvalue weighted by Crippen LogP contribution is 2.49. The molecule has 0 spiro atoms. The number of nitro benzene ring substituents is 2. The summed E-state index contributed by atoms with van der Waals surface area (Å²) in [5.41, 5.74) is 4.74. The number of nitrogens with zero attached hydrogens (tertiary/aromatic N) is 4. The number of hydrogen-bond acceptors (Lipinski definition) is 6. The van der Waals surface area contributed by atoms with Crippen LogP contribution in [-0.2, 0) is 0 Å². The maximum absolute atomic E-state index is 11.7. The van der Waals surface area contributed by atoms with Gasteiger partial charge in [-0.05, 0) is 84.7 Å². The van der Waals surface area contributed by atoms with Gasteiger partial charge in [0, 0.05) is 36.6 Å². The van der Waals surface area contributed by atoms with Crippen LogP contribution in [0.4, 0.5) is 22.7 Å². The molecule has 0 aromatic heterocycles. The van der Waals surface area contributed by atoms with E-state index in [-0.39, 0.29) is 33.5 Å². The van der Waals surface area contributed by atoms with E-state index in [1.807, 2.05) is 12.1 Å². The van der Waals surface area contributed by atoms with Gasteiger partial charge in [-0.2, -0.15) is 0 Å². The number of benzene rings is 4.